The minimum Gasteiger partial charge on any atom is -0.504 e. The molecule has 1 amide bonds. The summed E-state index contributed by atoms with van der Waals surface area (Å²) in [6, 6.07) is 4.57. The molecule has 0 bridgehead atoms. The molecule has 0 aliphatic heterocycles. The van der Waals surface area contributed by atoms with E-state index in [1.165, 1.54) is 30.6 Å². The summed E-state index contributed by atoms with van der Waals surface area (Å²) in [5.74, 6) is -1.56. The number of anilines is 1. The Balaban J connectivity index is 1.96. The number of thiophene rings is 1. The van der Waals surface area contributed by atoms with Gasteiger partial charge in [0.05, 0.1) is 19.3 Å². The van der Waals surface area contributed by atoms with Crippen LogP contribution in [0, 0.1) is 13.8 Å². The van der Waals surface area contributed by atoms with E-state index in [2.05, 4.69) is 5.32 Å². The number of phenols is 1. The molecule has 0 spiro atoms. The quantitative estimate of drug-likeness (QED) is 0.484. The zero-order valence-corrected chi connectivity index (χ0v) is 17.9. The zero-order valence-electron chi connectivity index (χ0n) is 17.1. The average molecular weight is 433 g/mol. The van der Waals surface area contributed by atoms with Crippen molar-refractivity contribution in [3.05, 3.63) is 45.8 Å². The number of carbonyl (C=O) groups excluding carboxylic acids is 3. The summed E-state index contributed by atoms with van der Waals surface area (Å²) in [7, 11) is 1.42. The Bertz CT molecular complexity index is 978. The number of rotatable bonds is 8. The standard InChI is InChI=1S/C21H23NO7S/c1-5-28-21(26)19-12(2)13(3)30-20(19)22-17(24)11-29-18(25)9-7-14-6-8-15(23)16(10-14)27-4/h6-10,23H,5,11H2,1-4H3,(H,22,24)/b9-7+. The van der Waals surface area contributed by atoms with Gasteiger partial charge in [-0.3, -0.25) is 4.79 Å². The predicted octanol–water partition coefficient (Wildman–Crippen LogP) is 3.45. The van der Waals surface area contributed by atoms with Crippen molar-refractivity contribution < 1.29 is 33.7 Å². The van der Waals surface area contributed by atoms with Crippen LogP contribution in [0.25, 0.3) is 6.08 Å². The molecular weight excluding hydrogens is 410 g/mol. The van der Waals surface area contributed by atoms with Gasteiger partial charge in [-0.05, 0) is 50.1 Å². The fraction of sp³-hybridized carbons (Fsp3) is 0.286. The molecule has 160 valence electrons. The number of aryl methyl sites for hydroxylation is 1. The van der Waals surface area contributed by atoms with Crippen molar-refractivity contribution >= 4 is 40.3 Å². The van der Waals surface area contributed by atoms with Crippen molar-refractivity contribution in [2.75, 3.05) is 25.6 Å². The summed E-state index contributed by atoms with van der Waals surface area (Å²) in [6.07, 6.45) is 2.62. The Kier molecular flexibility index (Phi) is 7.99. The largest absolute Gasteiger partial charge is 0.504 e. The maximum atomic E-state index is 12.2. The lowest BCUT2D eigenvalue weighted by Crippen LogP contribution is -2.21. The number of nitrogens with one attached hydrogen (secondary N) is 1. The van der Waals surface area contributed by atoms with E-state index in [0.29, 0.717) is 16.1 Å². The summed E-state index contributed by atoms with van der Waals surface area (Å²) >= 11 is 1.25. The van der Waals surface area contributed by atoms with Crippen molar-refractivity contribution in [1.82, 2.24) is 0 Å². The van der Waals surface area contributed by atoms with Crippen LogP contribution in [0.2, 0.25) is 0 Å². The van der Waals surface area contributed by atoms with Gasteiger partial charge >= 0.3 is 11.9 Å². The van der Waals surface area contributed by atoms with Crippen molar-refractivity contribution in [1.29, 1.82) is 0 Å². The summed E-state index contributed by atoms with van der Waals surface area (Å²) < 4.78 is 15.0. The van der Waals surface area contributed by atoms with Crippen molar-refractivity contribution in [2.45, 2.75) is 20.8 Å². The highest BCUT2D eigenvalue weighted by Gasteiger charge is 2.22. The van der Waals surface area contributed by atoms with Gasteiger partial charge in [-0.15, -0.1) is 11.3 Å². The van der Waals surface area contributed by atoms with Crippen LogP contribution in [0.3, 0.4) is 0 Å². The molecule has 0 saturated carbocycles. The third-order valence-electron chi connectivity index (χ3n) is 4.08. The normalized spacial score (nSPS) is 10.7. The highest BCUT2D eigenvalue weighted by atomic mass is 32.1. The van der Waals surface area contributed by atoms with Crippen LogP contribution in [-0.2, 0) is 19.1 Å². The number of hydrogen-bond donors (Lipinski definition) is 2. The number of esters is 2. The SMILES string of the molecule is CCOC(=O)c1c(NC(=O)COC(=O)/C=C/c2ccc(O)c(OC)c2)sc(C)c1C. The molecule has 0 radical (unpaired) electrons. The van der Waals surface area contributed by atoms with Gasteiger partial charge in [0.25, 0.3) is 5.91 Å². The van der Waals surface area contributed by atoms with E-state index in [1.54, 1.807) is 26.0 Å². The third-order valence-corrected chi connectivity index (χ3v) is 5.20. The van der Waals surface area contributed by atoms with Gasteiger partial charge in [0, 0.05) is 11.0 Å². The van der Waals surface area contributed by atoms with E-state index < -0.39 is 24.5 Å². The van der Waals surface area contributed by atoms with Crippen LogP contribution in [0.4, 0.5) is 5.00 Å². The Morgan fingerprint density at radius 3 is 2.60 bits per heavy atom. The topological polar surface area (TPSA) is 111 Å². The summed E-state index contributed by atoms with van der Waals surface area (Å²) in [5, 5.41) is 12.5. The molecule has 30 heavy (non-hydrogen) atoms. The van der Waals surface area contributed by atoms with Gasteiger partial charge in [0.1, 0.15) is 5.00 Å². The average Bonchev–Trinajstić information content (AvgIpc) is 2.99. The molecule has 9 heteroatoms. The second kappa shape index (κ2) is 10.4. The van der Waals surface area contributed by atoms with E-state index in [0.717, 1.165) is 16.5 Å². The molecule has 0 aliphatic carbocycles. The summed E-state index contributed by atoms with van der Waals surface area (Å²) in [5.41, 5.74) is 1.65. The van der Waals surface area contributed by atoms with E-state index >= 15 is 0 Å². The van der Waals surface area contributed by atoms with Gasteiger partial charge in [-0.2, -0.15) is 0 Å². The van der Waals surface area contributed by atoms with E-state index in [9.17, 15) is 19.5 Å². The number of amides is 1. The number of aromatic hydroxyl groups is 1. The number of carbonyl (C=O) groups is 3. The van der Waals surface area contributed by atoms with Crippen LogP contribution in [0.15, 0.2) is 24.3 Å². The smallest absolute Gasteiger partial charge is 0.341 e. The van der Waals surface area contributed by atoms with Crippen molar-refractivity contribution in [2.24, 2.45) is 0 Å². The number of methoxy groups -OCH3 is 1. The van der Waals surface area contributed by atoms with Crippen LogP contribution in [0.5, 0.6) is 11.5 Å². The van der Waals surface area contributed by atoms with Gasteiger partial charge in [-0.25, -0.2) is 9.59 Å². The number of ether oxygens (including phenoxy) is 3. The number of benzene rings is 1. The summed E-state index contributed by atoms with van der Waals surface area (Å²) in [4.78, 5) is 37.1. The minimum absolute atomic E-state index is 0.0184. The highest BCUT2D eigenvalue weighted by Crippen LogP contribution is 2.33. The Hall–Kier alpha value is -3.33. The first-order chi connectivity index (χ1) is 14.3. The van der Waals surface area contributed by atoms with Crippen LogP contribution in [-0.4, -0.2) is 43.3 Å². The first kappa shape index (κ1) is 23.0. The molecule has 0 atom stereocenters. The van der Waals surface area contributed by atoms with Gasteiger partial charge in [-0.1, -0.05) is 6.07 Å². The van der Waals surface area contributed by atoms with Crippen LogP contribution in [0.1, 0.15) is 33.3 Å². The molecule has 0 unspecified atom stereocenters. The van der Waals surface area contributed by atoms with Crippen LogP contribution >= 0.6 is 11.3 Å². The van der Waals surface area contributed by atoms with E-state index in [1.807, 2.05) is 6.92 Å². The third kappa shape index (κ3) is 5.84. The van der Waals surface area contributed by atoms with E-state index in [4.69, 9.17) is 14.2 Å². The van der Waals surface area contributed by atoms with Gasteiger partial charge in [0.15, 0.2) is 18.1 Å². The van der Waals surface area contributed by atoms with Gasteiger partial charge < -0.3 is 24.6 Å². The molecule has 2 N–H and O–H groups in total. The molecule has 0 aliphatic rings. The molecule has 1 aromatic carbocycles. The lowest BCUT2D eigenvalue weighted by molar-refractivity contribution is -0.142. The lowest BCUT2D eigenvalue weighted by Gasteiger charge is -2.07. The first-order valence-corrected chi connectivity index (χ1v) is 9.87. The molecular formula is C21H23NO7S. The molecule has 8 nitrogen and oxygen atoms in total. The Morgan fingerprint density at radius 1 is 1.20 bits per heavy atom. The second-order valence-electron chi connectivity index (χ2n) is 6.13. The summed E-state index contributed by atoms with van der Waals surface area (Å²) in [6.45, 7) is 5.02. The lowest BCUT2D eigenvalue weighted by atomic mass is 10.1. The monoisotopic (exact) mass is 433 g/mol. The van der Waals surface area contributed by atoms with Crippen molar-refractivity contribution in [3.8, 4) is 11.5 Å². The molecule has 0 fully saturated rings. The molecule has 2 rings (SSSR count). The molecule has 0 saturated heterocycles. The second-order valence-corrected chi connectivity index (χ2v) is 7.35. The Labute approximate surface area is 178 Å². The fourth-order valence-corrected chi connectivity index (χ4v) is 3.54. The maximum Gasteiger partial charge on any atom is 0.341 e. The number of phenolic OH excluding ortho intramolecular Hbond substituents is 1. The molecule has 1 aromatic heterocycles. The van der Waals surface area contributed by atoms with E-state index in [-0.39, 0.29) is 18.1 Å². The molecule has 2 aromatic rings. The maximum absolute atomic E-state index is 12.2. The number of hydrogen-bond acceptors (Lipinski definition) is 8. The Morgan fingerprint density at radius 2 is 1.93 bits per heavy atom. The zero-order chi connectivity index (χ0) is 22.3. The highest BCUT2D eigenvalue weighted by molar-refractivity contribution is 7.16. The molecule has 1 heterocycles. The fourth-order valence-electron chi connectivity index (χ4n) is 2.47. The first-order valence-electron chi connectivity index (χ1n) is 9.05. The van der Waals surface area contributed by atoms with Crippen molar-refractivity contribution in [3.63, 3.8) is 0 Å². The predicted molar refractivity (Wildman–Crippen MR) is 113 cm³/mol. The minimum atomic E-state index is -0.721. The van der Waals surface area contributed by atoms with Crippen LogP contribution < -0.4 is 10.1 Å². The van der Waals surface area contributed by atoms with Gasteiger partial charge in [0.2, 0.25) is 0 Å².